The lowest BCUT2D eigenvalue weighted by molar-refractivity contribution is 0.0520. The molecule has 0 aliphatic carbocycles. The van der Waals surface area contributed by atoms with Crippen molar-refractivity contribution in [2.45, 2.75) is 6.92 Å². The Labute approximate surface area is 122 Å². The summed E-state index contributed by atoms with van der Waals surface area (Å²) in [4.78, 5) is 23.9. The molecule has 2 N–H and O–H groups in total. The third-order valence-corrected chi connectivity index (χ3v) is 2.71. The third-order valence-electron chi connectivity index (χ3n) is 2.71. The first-order valence-electron chi connectivity index (χ1n) is 6.45. The van der Waals surface area contributed by atoms with E-state index in [0.29, 0.717) is 11.3 Å². The number of anilines is 1. The topological polar surface area (TPSA) is 78.6 Å². The normalized spacial score (nSPS) is 9.95. The summed E-state index contributed by atoms with van der Waals surface area (Å²) in [5.41, 5.74) is 6.56. The van der Waals surface area contributed by atoms with Gasteiger partial charge in [0.05, 0.1) is 12.2 Å². The lowest BCUT2D eigenvalue weighted by Gasteiger charge is -2.10. The van der Waals surface area contributed by atoms with Crippen molar-refractivity contribution >= 4 is 17.6 Å². The van der Waals surface area contributed by atoms with Crippen molar-refractivity contribution in [3.05, 3.63) is 59.7 Å². The van der Waals surface area contributed by atoms with Crippen molar-refractivity contribution in [3.8, 4) is 5.75 Å². The Morgan fingerprint density at radius 1 is 1.05 bits per heavy atom. The number of nitrogen functional groups attached to an aromatic ring is 1. The van der Waals surface area contributed by atoms with Gasteiger partial charge in [0, 0.05) is 5.69 Å². The zero-order valence-electron chi connectivity index (χ0n) is 11.5. The molecule has 108 valence electrons. The highest BCUT2D eigenvalue weighted by Gasteiger charge is 2.17. The first-order chi connectivity index (χ1) is 10.1. The predicted molar refractivity (Wildman–Crippen MR) is 78.2 cm³/mol. The van der Waals surface area contributed by atoms with Crippen LogP contribution in [0.1, 0.15) is 27.6 Å². The highest BCUT2D eigenvalue weighted by atomic mass is 16.5. The summed E-state index contributed by atoms with van der Waals surface area (Å²) < 4.78 is 10.2. The number of carbonyl (C=O) groups is 2. The number of hydrogen-bond acceptors (Lipinski definition) is 5. The van der Waals surface area contributed by atoms with Crippen molar-refractivity contribution in [2.24, 2.45) is 0 Å². The van der Waals surface area contributed by atoms with Crippen molar-refractivity contribution in [3.63, 3.8) is 0 Å². The molecule has 0 aliphatic heterocycles. The second kappa shape index (κ2) is 6.56. The van der Waals surface area contributed by atoms with Crippen LogP contribution in [0.15, 0.2) is 48.5 Å². The summed E-state index contributed by atoms with van der Waals surface area (Å²) in [6, 6.07) is 13.0. The molecule has 5 heteroatoms. The molecule has 2 aromatic rings. The monoisotopic (exact) mass is 285 g/mol. The molecule has 0 fully saturated rings. The first kappa shape index (κ1) is 14.6. The van der Waals surface area contributed by atoms with Gasteiger partial charge >= 0.3 is 11.9 Å². The van der Waals surface area contributed by atoms with Gasteiger partial charge in [0.15, 0.2) is 0 Å². The second-order valence-electron chi connectivity index (χ2n) is 4.23. The number of ether oxygens (including phenoxy) is 2. The number of carbonyl (C=O) groups excluding carboxylic acids is 2. The molecule has 0 bridgehead atoms. The number of nitrogens with two attached hydrogens (primary N) is 1. The third kappa shape index (κ3) is 3.60. The Hall–Kier alpha value is -2.82. The van der Waals surface area contributed by atoms with E-state index >= 15 is 0 Å². The number of benzene rings is 2. The van der Waals surface area contributed by atoms with Crippen LogP contribution in [0.2, 0.25) is 0 Å². The summed E-state index contributed by atoms with van der Waals surface area (Å²) in [5.74, 6) is -1.01. The molecule has 0 heterocycles. The van der Waals surface area contributed by atoms with Gasteiger partial charge < -0.3 is 15.2 Å². The van der Waals surface area contributed by atoms with Gasteiger partial charge in [0.25, 0.3) is 0 Å². The van der Waals surface area contributed by atoms with Gasteiger partial charge in [-0.25, -0.2) is 9.59 Å². The molecule has 2 aromatic carbocycles. The van der Waals surface area contributed by atoms with Crippen LogP contribution in [0, 0.1) is 0 Å². The quantitative estimate of drug-likeness (QED) is 0.531. The minimum atomic E-state index is -0.583. The lowest BCUT2D eigenvalue weighted by atomic mass is 10.1. The summed E-state index contributed by atoms with van der Waals surface area (Å²) in [5, 5.41) is 0. The molecule has 0 saturated carbocycles. The zero-order chi connectivity index (χ0) is 15.2. The van der Waals surface area contributed by atoms with Crippen molar-refractivity contribution in [1.29, 1.82) is 0 Å². The molecule has 0 aliphatic rings. The smallest absolute Gasteiger partial charge is 0.343 e. The van der Waals surface area contributed by atoms with Crippen molar-refractivity contribution in [1.82, 2.24) is 0 Å². The van der Waals surface area contributed by atoms with Gasteiger partial charge in [-0.3, -0.25) is 0 Å². The number of esters is 2. The van der Waals surface area contributed by atoms with E-state index in [9.17, 15) is 9.59 Å². The minimum Gasteiger partial charge on any atom is -0.462 e. The van der Waals surface area contributed by atoms with Crippen LogP contribution >= 0.6 is 0 Å². The molecule has 0 saturated heterocycles. The molecule has 5 nitrogen and oxygen atoms in total. The molecular formula is C16H15NO4. The molecule has 0 unspecified atom stereocenters. The van der Waals surface area contributed by atoms with Gasteiger partial charge in [-0.15, -0.1) is 0 Å². The van der Waals surface area contributed by atoms with Crippen LogP contribution in [0.3, 0.4) is 0 Å². The maximum atomic E-state index is 12.0. The van der Waals surface area contributed by atoms with E-state index in [2.05, 4.69) is 0 Å². The average Bonchev–Trinajstić information content (AvgIpc) is 2.50. The van der Waals surface area contributed by atoms with E-state index in [-0.39, 0.29) is 17.9 Å². The van der Waals surface area contributed by atoms with Gasteiger partial charge in [-0.05, 0) is 37.3 Å². The van der Waals surface area contributed by atoms with Crippen LogP contribution in [-0.4, -0.2) is 18.5 Å². The molecular weight excluding hydrogens is 270 g/mol. The van der Waals surface area contributed by atoms with E-state index < -0.39 is 11.9 Å². The summed E-state index contributed by atoms with van der Waals surface area (Å²) in [6.07, 6.45) is 0. The Morgan fingerprint density at radius 2 is 1.76 bits per heavy atom. The van der Waals surface area contributed by atoms with Gasteiger partial charge in [0.1, 0.15) is 11.3 Å². The standard InChI is InChI=1S/C16H15NO4/c1-2-20-16(19)13-10-12(17)8-9-14(13)21-15(18)11-6-4-3-5-7-11/h3-10H,2,17H2,1H3. The highest BCUT2D eigenvalue weighted by molar-refractivity contribution is 5.96. The SMILES string of the molecule is CCOC(=O)c1cc(N)ccc1OC(=O)c1ccccc1. The Balaban J connectivity index is 2.27. The first-order valence-corrected chi connectivity index (χ1v) is 6.45. The molecule has 0 radical (unpaired) electrons. The molecule has 2 rings (SSSR count). The zero-order valence-corrected chi connectivity index (χ0v) is 11.5. The predicted octanol–water partition coefficient (Wildman–Crippen LogP) is 2.66. The van der Waals surface area contributed by atoms with Crippen LogP contribution in [0.4, 0.5) is 5.69 Å². The van der Waals surface area contributed by atoms with Crippen LogP contribution in [-0.2, 0) is 4.74 Å². The number of rotatable bonds is 4. The molecule has 0 amide bonds. The Morgan fingerprint density at radius 3 is 2.43 bits per heavy atom. The fourth-order valence-electron chi connectivity index (χ4n) is 1.74. The van der Waals surface area contributed by atoms with E-state index in [0.717, 1.165) is 0 Å². The van der Waals surface area contributed by atoms with Gasteiger partial charge in [-0.2, -0.15) is 0 Å². The largest absolute Gasteiger partial charge is 0.462 e. The maximum Gasteiger partial charge on any atom is 0.343 e. The summed E-state index contributed by atoms with van der Waals surface area (Å²) in [7, 11) is 0. The molecule has 0 atom stereocenters. The molecule has 0 aromatic heterocycles. The fraction of sp³-hybridized carbons (Fsp3) is 0.125. The minimum absolute atomic E-state index is 0.122. The van der Waals surface area contributed by atoms with Gasteiger partial charge in [-0.1, -0.05) is 18.2 Å². The van der Waals surface area contributed by atoms with Crippen LogP contribution in [0.25, 0.3) is 0 Å². The van der Waals surface area contributed by atoms with E-state index in [1.807, 2.05) is 0 Å². The summed E-state index contributed by atoms with van der Waals surface area (Å²) in [6.45, 7) is 1.92. The van der Waals surface area contributed by atoms with Crippen molar-refractivity contribution in [2.75, 3.05) is 12.3 Å². The average molecular weight is 285 g/mol. The van der Waals surface area contributed by atoms with Gasteiger partial charge in [0.2, 0.25) is 0 Å². The highest BCUT2D eigenvalue weighted by Crippen LogP contribution is 2.23. The fourth-order valence-corrected chi connectivity index (χ4v) is 1.74. The Kier molecular flexibility index (Phi) is 4.56. The van der Waals surface area contributed by atoms with Crippen LogP contribution < -0.4 is 10.5 Å². The van der Waals surface area contributed by atoms with Crippen LogP contribution in [0.5, 0.6) is 5.75 Å². The lowest BCUT2D eigenvalue weighted by Crippen LogP contribution is -2.13. The van der Waals surface area contributed by atoms with E-state index in [4.69, 9.17) is 15.2 Å². The maximum absolute atomic E-state index is 12.0. The molecule has 21 heavy (non-hydrogen) atoms. The number of hydrogen-bond donors (Lipinski definition) is 1. The van der Waals surface area contributed by atoms with E-state index in [1.54, 1.807) is 43.3 Å². The summed E-state index contributed by atoms with van der Waals surface area (Å²) >= 11 is 0. The second-order valence-corrected chi connectivity index (χ2v) is 4.23. The Bertz CT molecular complexity index is 653. The van der Waals surface area contributed by atoms with E-state index in [1.165, 1.54) is 12.1 Å². The molecule has 0 spiro atoms. The van der Waals surface area contributed by atoms with Crippen molar-refractivity contribution < 1.29 is 19.1 Å².